The lowest BCUT2D eigenvalue weighted by Crippen LogP contribution is -2.28. The van der Waals surface area contributed by atoms with Gasteiger partial charge in [-0.1, -0.05) is 13.8 Å². The second-order valence-electron chi connectivity index (χ2n) is 3.11. The average Bonchev–Trinajstić information content (AvgIpc) is 2.35. The van der Waals surface area contributed by atoms with Gasteiger partial charge < -0.3 is 15.3 Å². The van der Waals surface area contributed by atoms with Gasteiger partial charge >= 0.3 is 0 Å². The van der Waals surface area contributed by atoms with Crippen LogP contribution in [0, 0.1) is 5.92 Å². The maximum atomic E-state index is 9.41. The number of hydrogen-bond acceptors (Lipinski definition) is 3. The summed E-state index contributed by atoms with van der Waals surface area (Å²) in [5.74, 6) is 0.426. The molecule has 0 aliphatic carbocycles. The SMILES string of the molecule is CC.CNCC1CN(C)CC1O. The third kappa shape index (κ3) is 3.52. The summed E-state index contributed by atoms with van der Waals surface area (Å²) in [4.78, 5) is 2.16. The summed E-state index contributed by atoms with van der Waals surface area (Å²) >= 11 is 0. The third-order valence-corrected chi connectivity index (χ3v) is 2.06. The van der Waals surface area contributed by atoms with Crippen molar-refractivity contribution in [2.75, 3.05) is 33.7 Å². The molecule has 3 heteroatoms. The fourth-order valence-corrected chi connectivity index (χ4v) is 1.53. The molecule has 2 unspecified atom stereocenters. The van der Waals surface area contributed by atoms with E-state index in [0.29, 0.717) is 5.92 Å². The minimum atomic E-state index is -0.127. The van der Waals surface area contributed by atoms with Crippen molar-refractivity contribution < 1.29 is 5.11 Å². The fourth-order valence-electron chi connectivity index (χ4n) is 1.53. The van der Waals surface area contributed by atoms with Crippen molar-refractivity contribution in [2.24, 2.45) is 5.92 Å². The number of likely N-dealkylation sites (tertiary alicyclic amines) is 1. The lowest BCUT2D eigenvalue weighted by molar-refractivity contribution is 0.143. The normalized spacial score (nSPS) is 29.8. The maximum absolute atomic E-state index is 9.41. The number of nitrogens with zero attached hydrogens (tertiary/aromatic N) is 1. The first-order valence-electron chi connectivity index (χ1n) is 4.75. The standard InChI is InChI=1S/C7H16N2O.C2H6/c1-8-3-6-4-9(2)5-7(6)10;1-2/h6-8,10H,3-5H2,1-2H3;1-2H3. The van der Waals surface area contributed by atoms with Crippen LogP contribution in [0.5, 0.6) is 0 Å². The Morgan fingerprint density at radius 1 is 1.42 bits per heavy atom. The summed E-state index contributed by atoms with van der Waals surface area (Å²) in [7, 11) is 3.96. The Bertz CT molecular complexity index is 109. The van der Waals surface area contributed by atoms with Gasteiger partial charge in [-0.15, -0.1) is 0 Å². The van der Waals surface area contributed by atoms with E-state index in [1.54, 1.807) is 0 Å². The summed E-state index contributed by atoms with van der Waals surface area (Å²) in [6.07, 6.45) is -0.127. The highest BCUT2D eigenvalue weighted by molar-refractivity contribution is 4.82. The first-order chi connectivity index (χ1) is 5.74. The van der Waals surface area contributed by atoms with E-state index in [1.807, 2.05) is 27.9 Å². The smallest absolute Gasteiger partial charge is 0.0719 e. The highest BCUT2D eigenvalue weighted by Crippen LogP contribution is 2.13. The summed E-state index contributed by atoms with van der Waals surface area (Å²) in [5.41, 5.74) is 0. The maximum Gasteiger partial charge on any atom is 0.0719 e. The number of rotatable bonds is 2. The molecule has 0 spiro atoms. The number of likely N-dealkylation sites (N-methyl/N-ethyl adjacent to an activating group) is 1. The van der Waals surface area contributed by atoms with E-state index in [2.05, 4.69) is 10.2 Å². The first kappa shape index (κ1) is 11.9. The van der Waals surface area contributed by atoms with E-state index in [4.69, 9.17) is 0 Å². The van der Waals surface area contributed by atoms with Gasteiger partial charge in [0.15, 0.2) is 0 Å². The van der Waals surface area contributed by atoms with Crippen LogP contribution in [0.1, 0.15) is 13.8 Å². The van der Waals surface area contributed by atoms with Gasteiger partial charge in [0.1, 0.15) is 0 Å². The van der Waals surface area contributed by atoms with Gasteiger partial charge in [0.05, 0.1) is 6.10 Å². The van der Waals surface area contributed by atoms with E-state index in [9.17, 15) is 5.11 Å². The van der Waals surface area contributed by atoms with Crippen LogP contribution in [0.3, 0.4) is 0 Å². The second kappa shape index (κ2) is 6.40. The Labute approximate surface area is 75.8 Å². The van der Waals surface area contributed by atoms with Crippen molar-refractivity contribution >= 4 is 0 Å². The van der Waals surface area contributed by atoms with E-state index in [-0.39, 0.29) is 6.10 Å². The van der Waals surface area contributed by atoms with Crippen molar-refractivity contribution in [3.63, 3.8) is 0 Å². The molecule has 1 aliphatic heterocycles. The van der Waals surface area contributed by atoms with Crippen molar-refractivity contribution in [2.45, 2.75) is 20.0 Å². The molecule has 74 valence electrons. The molecule has 1 saturated heterocycles. The first-order valence-corrected chi connectivity index (χ1v) is 4.75. The van der Waals surface area contributed by atoms with Gasteiger partial charge in [-0.25, -0.2) is 0 Å². The van der Waals surface area contributed by atoms with Crippen LogP contribution in [-0.4, -0.2) is 49.8 Å². The Balaban J connectivity index is 0.000000561. The van der Waals surface area contributed by atoms with Crippen LogP contribution in [0.4, 0.5) is 0 Å². The zero-order chi connectivity index (χ0) is 9.56. The van der Waals surface area contributed by atoms with Crippen LogP contribution < -0.4 is 5.32 Å². The largest absolute Gasteiger partial charge is 0.391 e. The predicted molar refractivity (Wildman–Crippen MR) is 52.3 cm³/mol. The fraction of sp³-hybridized carbons (Fsp3) is 1.00. The van der Waals surface area contributed by atoms with Crippen LogP contribution in [0.25, 0.3) is 0 Å². The highest BCUT2D eigenvalue weighted by Gasteiger charge is 2.27. The van der Waals surface area contributed by atoms with Crippen molar-refractivity contribution in [1.82, 2.24) is 10.2 Å². The predicted octanol–water partition coefficient (Wildman–Crippen LogP) is 0.154. The Morgan fingerprint density at radius 2 is 2.00 bits per heavy atom. The molecular formula is C9H22N2O. The zero-order valence-electron chi connectivity index (χ0n) is 8.67. The number of aliphatic hydroxyl groups is 1. The molecule has 0 aromatic rings. The molecule has 0 aromatic heterocycles. The molecule has 1 fully saturated rings. The van der Waals surface area contributed by atoms with Gasteiger partial charge in [-0.05, 0) is 14.1 Å². The van der Waals surface area contributed by atoms with E-state index >= 15 is 0 Å². The summed E-state index contributed by atoms with van der Waals surface area (Å²) in [5, 5.41) is 12.5. The van der Waals surface area contributed by atoms with Gasteiger partial charge in [0, 0.05) is 25.6 Å². The van der Waals surface area contributed by atoms with Crippen LogP contribution in [0.2, 0.25) is 0 Å². The molecule has 2 N–H and O–H groups in total. The average molecular weight is 174 g/mol. The van der Waals surface area contributed by atoms with E-state index in [1.165, 1.54) is 0 Å². The zero-order valence-corrected chi connectivity index (χ0v) is 8.67. The van der Waals surface area contributed by atoms with Gasteiger partial charge in [-0.3, -0.25) is 0 Å². The summed E-state index contributed by atoms with van der Waals surface area (Å²) in [6, 6.07) is 0. The Kier molecular flexibility index (Phi) is 6.34. The van der Waals surface area contributed by atoms with Crippen LogP contribution >= 0.6 is 0 Å². The minimum Gasteiger partial charge on any atom is -0.391 e. The van der Waals surface area contributed by atoms with Crippen molar-refractivity contribution in [1.29, 1.82) is 0 Å². The lowest BCUT2D eigenvalue weighted by Gasteiger charge is -2.11. The quantitative estimate of drug-likeness (QED) is 0.626. The van der Waals surface area contributed by atoms with Crippen molar-refractivity contribution in [3.05, 3.63) is 0 Å². The van der Waals surface area contributed by atoms with Crippen LogP contribution in [-0.2, 0) is 0 Å². The third-order valence-electron chi connectivity index (χ3n) is 2.06. The molecule has 1 heterocycles. The Hall–Kier alpha value is -0.120. The number of β-amino-alcohol motifs (C(OH)–C–C–N with tert-alkyl or cyclic N) is 1. The topological polar surface area (TPSA) is 35.5 Å². The lowest BCUT2D eigenvalue weighted by atomic mass is 10.1. The second-order valence-corrected chi connectivity index (χ2v) is 3.11. The molecule has 1 rings (SSSR count). The molecule has 12 heavy (non-hydrogen) atoms. The molecule has 1 aliphatic rings. The molecule has 2 atom stereocenters. The van der Waals surface area contributed by atoms with Gasteiger partial charge in [0.25, 0.3) is 0 Å². The molecule has 0 aromatic carbocycles. The van der Waals surface area contributed by atoms with Gasteiger partial charge in [0.2, 0.25) is 0 Å². The molecule has 3 nitrogen and oxygen atoms in total. The highest BCUT2D eigenvalue weighted by atomic mass is 16.3. The molecule has 0 radical (unpaired) electrons. The molecule has 0 saturated carbocycles. The van der Waals surface area contributed by atoms with Crippen molar-refractivity contribution in [3.8, 4) is 0 Å². The van der Waals surface area contributed by atoms with Gasteiger partial charge in [-0.2, -0.15) is 0 Å². The number of nitrogens with one attached hydrogen (secondary N) is 1. The summed E-state index contributed by atoms with van der Waals surface area (Å²) in [6.45, 7) is 6.76. The van der Waals surface area contributed by atoms with E-state index in [0.717, 1.165) is 19.6 Å². The summed E-state index contributed by atoms with van der Waals surface area (Å²) < 4.78 is 0. The van der Waals surface area contributed by atoms with E-state index < -0.39 is 0 Å². The molecular weight excluding hydrogens is 152 g/mol. The molecule has 0 bridgehead atoms. The van der Waals surface area contributed by atoms with Crippen LogP contribution in [0.15, 0.2) is 0 Å². The Morgan fingerprint density at radius 3 is 2.33 bits per heavy atom. The number of aliphatic hydroxyl groups excluding tert-OH is 1. The monoisotopic (exact) mass is 174 g/mol. The molecule has 0 amide bonds. The minimum absolute atomic E-state index is 0.127. The number of hydrogen-bond donors (Lipinski definition) is 2.